The van der Waals surface area contributed by atoms with E-state index in [0.717, 1.165) is 0 Å². The van der Waals surface area contributed by atoms with E-state index in [1.807, 2.05) is 0 Å². The zero-order valence-corrected chi connectivity index (χ0v) is 9.57. The minimum absolute atomic E-state index is 0.549. The number of allylic oxidation sites excluding steroid dienone is 2. The lowest BCUT2D eigenvalue weighted by Crippen LogP contribution is -2.40. The van der Waals surface area contributed by atoms with Crippen molar-refractivity contribution in [1.82, 2.24) is 0 Å². The minimum Gasteiger partial charge on any atom is -0.455 e. The Morgan fingerprint density at radius 3 is 2.81 bits per heavy atom. The standard InChI is InChI=1S/C13H14O3/c1-4-5-6-7-8-12-9-10-13(15-3,16-12)11(2)14/h8-11,14H,1-3H3/b12-8+. The summed E-state index contributed by atoms with van der Waals surface area (Å²) >= 11 is 0. The van der Waals surface area contributed by atoms with Gasteiger partial charge < -0.3 is 14.6 Å². The van der Waals surface area contributed by atoms with Crippen molar-refractivity contribution < 1.29 is 14.6 Å². The molecule has 0 fully saturated rings. The molecule has 1 N–H and O–H groups in total. The zero-order chi connectivity index (χ0) is 12.0. The van der Waals surface area contributed by atoms with Crippen molar-refractivity contribution in [3.05, 3.63) is 24.0 Å². The SMILES string of the molecule is CC#CC#C/C=C1\C=CC(OC)(C(C)O)O1. The number of rotatable bonds is 2. The van der Waals surface area contributed by atoms with Crippen molar-refractivity contribution in [2.45, 2.75) is 25.7 Å². The molecule has 1 rings (SSSR count). The van der Waals surface area contributed by atoms with E-state index in [1.165, 1.54) is 7.11 Å². The second kappa shape index (κ2) is 5.42. The molecular formula is C13H14O3. The van der Waals surface area contributed by atoms with Crippen LogP contribution < -0.4 is 0 Å². The number of aliphatic hydroxyl groups is 1. The maximum atomic E-state index is 9.54. The second-order valence-corrected chi connectivity index (χ2v) is 3.23. The maximum absolute atomic E-state index is 9.54. The van der Waals surface area contributed by atoms with Gasteiger partial charge in [0.2, 0.25) is 0 Å². The van der Waals surface area contributed by atoms with Crippen LogP contribution >= 0.6 is 0 Å². The third kappa shape index (κ3) is 2.67. The van der Waals surface area contributed by atoms with Crippen LogP contribution in [0.2, 0.25) is 0 Å². The Hall–Kier alpha value is -1.68. The fraction of sp³-hybridized carbons (Fsp3) is 0.385. The first-order chi connectivity index (χ1) is 7.64. The van der Waals surface area contributed by atoms with Crippen molar-refractivity contribution in [2.24, 2.45) is 0 Å². The van der Waals surface area contributed by atoms with Gasteiger partial charge in [-0.05, 0) is 37.8 Å². The predicted molar refractivity (Wildman–Crippen MR) is 61.0 cm³/mol. The van der Waals surface area contributed by atoms with Crippen LogP contribution in [0.1, 0.15) is 13.8 Å². The topological polar surface area (TPSA) is 38.7 Å². The lowest BCUT2D eigenvalue weighted by Gasteiger charge is -2.28. The summed E-state index contributed by atoms with van der Waals surface area (Å²) in [5.74, 6) is 10.1. The highest BCUT2D eigenvalue weighted by atomic mass is 16.7. The van der Waals surface area contributed by atoms with Crippen LogP contribution in [-0.2, 0) is 9.47 Å². The molecule has 16 heavy (non-hydrogen) atoms. The van der Waals surface area contributed by atoms with Crippen LogP contribution in [0.5, 0.6) is 0 Å². The molecule has 0 spiro atoms. The summed E-state index contributed by atoms with van der Waals surface area (Å²) in [4.78, 5) is 0. The Balaban J connectivity index is 2.76. The average molecular weight is 218 g/mol. The van der Waals surface area contributed by atoms with Gasteiger partial charge in [-0.1, -0.05) is 11.8 Å². The number of hydrogen-bond donors (Lipinski definition) is 1. The van der Waals surface area contributed by atoms with Gasteiger partial charge in [0.25, 0.3) is 5.79 Å². The molecule has 1 aliphatic heterocycles. The molecule has 0 aliphatic carbocycles. The van der Waals surface area contributed by atoms with Gasteiger partial charge in [0, 0.05) is 13.2 Å². The summed E-state index contributed by atoms with van der Waals surface area (Å²) in [6.45, 7) is 3.32. The Kier molecular flexibility index (Phi) is 4.19. The van der Waals surface area contributed by atoms with Gasteiger partial charge in [0.15, 0.2) is 0 Å². The van der Waals surface area contributed by atoms with Crippen molar-refractivity contribution in [2.75, 3.05) is 7.11 Å². The van der Waals surface area contributed by atoms with Crippen LogP contribution in [0.4, 0.5) is 0 Å². The Bertz CT molecular complexity index is 424. The van der Waals surface area contributed by atoms with Crippen molar-refractivity contribution in [3.63, 3.8) is 0 Å². The molecule has 0 aromatic carbocycles. The summed E-state index contributed by atoms with van der Waals surface area (Å²) in [5, 5.41) is 9.54. The number of hydrogen-bond acceptors (Lipinski definition) is 3. The molecule has 3 heteroatoms. The molecule has 2 atom stereocenters. The molecule has 0 aromatic heterocycles. The zero-order valence-electron chi connectivity index (χ0n) is 9.57. The van der Waals surface area contributed by atoms with Gasteiger partial charge in [-0.15, -0.1) is 0 Å². The number of ether oxygens (including phenoxy) is 2. The lowest BCUT2D eigenvalue weighted by molar-refractivity contribution is -0.205. The van der Waals surface area contributed by atoms with Gasteiger partial charge in [-0.2, -0.15) is 0 Å². The van der Waals surface area contributed by atoms with Crippen molar-refractivity contribution >= 4 is 0 Å². The van der Waals surface area contributed by atoms with E-state index >= 15 is 0 Å². The fourth-order valence-corrected chi connectivity index (χ4v) is 1.24. The van der Waals surface area contributed by atoms with E-state index in [4.69, 9.17) is 9.47 Å². The van der Waals surface area contributed by atoms with E-state index in [1.54, 1.807) is 32.1 Å². The van der Waals surface area contributed by atoms with Crippen molar-refractivity contribution in [1.29, 1.82) is 0 Å². The average Bonchev–Trinajstić information content (AvgIpc) is 2.69. The van der Waals surface area contributed by atoms with Gasteiger partial charge in [0.1, 0.15) is 11.9 Å². The first kappa shape index (κ1) is 12.4. The Morgan fingerprint density at radius 2 is 2.31 bits per heavy atom. The summed E-state index contributed by atoms with van der Waals surface area (Å²) in [6.07, 6.45) is 4.20. The molecule has 0 aromatic rings. The first-order valence-corrected chi connectivity index (χ1v) is 4.88. The number of aliphatic hydroxyl groups excluding tert-OH is 1. The normalized spacial score (nSPS) is 26.4. The summed E-state index contributed by atoms with van der Waals surface area (Å²) in [7, 11) is 1.48. The monoisotopic (exact) mass is 218 g/mol. The Morgan fingerprint density at radius 1 is 1.56 bits per heavy atom. The van der Waals surface area contributed by atoms with Gasteiger partial charge in [0.05, 0.1) is 0 Å². The van der Waals surface area contributed by atoms with Crippen LogP contribution in [0.3, 0.4) is 0 Å². The van der Waals surface area contributed by atoms with E-state index in [-0.39, 0.29) is 0 Å². The molecule has 1 heterocycles. The third-order valence-corrected chi connectivity index (χ3v) is 2.13. The molecule has 0 saturated carbocycles. The fourth-order valence-electron chi connectivity index (χ4n) is 1.24. The smallest absolute Gasteiger partial charge is 0.256 e. The van der Waals surface area contributed by atoms with Crippen LogP contribution in [0, 0.1) is 23.7 Å². The molecular weight excluding hydrogens is 204 g/mol. The van der Waals surface area contributed by atoms with Gasteiger partial charge >= 0.3 is 0 Å². The highest BCUT2D eigenvalue weighted by Gasteiger charge is 2.39. The summed E-state index contributed by atoms with van der Waals surface area (Å²) in [5.41, 5.74) is 0. The lowest BCUT2D eigenvalue weighted by atomic mass is 10.2. The maximum Gasteiger partial charge on any atom is 0.256 e. The Labute approximate surface area is 95.8 Å². The molecule has 84 valence electrons. The van der Waals surface area contributed by atoms with Gasteiger partial charge in [-0.25, -0.2) is 0 Å². The second-order valence-electron chi connectivity index (χ2n) is 3.23. The minimum atomic E-state index is -1.09. The highest BCUT2D eigenvalue weighted by molar-refractivity contribution is 5.35. The van der Waals surface area contributed by atoms with Crippen molar-refractivity contribution in [3.8, 4) is 23.7 Å². The molecule has 0 bridgehead atoms. The van der Waals surface area contributed by atoms with Gasteiger partial charge in [-0.3, -0.25) is 0 Å². The largest absolute Gasteiger partial charge is 0.455 e. The predicted octanol–water partition coefficient (Wildman–Crippen LogP) is 1.21. The highest BCUT2D eigenvalue weighted by Crippen LogP contribution is 2.29. The summed E-state index contributed by atoms with van der Waals surface area (Å²) in [6, 6.07) is 0. The quantitative estimate of drug-likeness (QED) is 0.708. The van der Waals surface area contributed by atoms with E-state index < -0.39 is 11.9 Å². The van der Waals surface area contributed by atoms with E-state index in [9.17, 15) is 5.11 Å². The number of methoxy groups -OCH3 is 1. The molecule has 3 nitrogen and oxygen atoms in total. The summed E-state index contributed by atoms with van der Waals surface area (Å²) < 4.78 is 10.6. The molecule has 2 unspecified atom stereocenters. The van der Waals surface area contributed by atoms with Crippen LogP contribution in [0.25, 0.3) is 0 Å². The first-order valence-electron chi connectivity index (χ1n) is 4.88. The third-order valence-electron chi connectivity index (χ3n) is 2.13. The van der Waals surface area contributed by atoms with E-state index in [2.05, 4.69) is 23.7 Å². The molecule has 1 aliphatic rings. The van der Waals surface area contributed by atoms with E-state index in [0.29, 0.717) is 5.76 Å². The van der Waals surface area contributed by atoms with Crippen LogP contribution in [0.15, 0.2) is 24.0 Å². The molecule has 0 saturated heterocycles. The molecule has 0 amide bonds. The van der Waals surface area contributed by atoms with Crippen LogP contribution in [-0.4, -0.2) is 24.1 Å². The molecule has 0 radical (unpaired) electrons.